The van der Waals surface area contributed by atoms with E-state index in [1.54, 1.807) is 7.05 Å². The third-order valence-corrected chi connectivity index (χ3v) is 4.80. The maximum Gasteiger partial charge on any atom is 0.0394 e. The zero-order chi connectivity index (χ0) is 17.2. The van der Waals surface area contributed by atoms with Gasteiger partial charge in [-0.1, -0.05) is 48.5 Å². The molecule has 0 aromatic heterocycles. The van der Waals surface area contributed by atoms with Gasteiger partial charge in [0.2, 0.25) is 0 Å². The van der Waals surface area contributed by atoms with Gasteiger partial charge in [0.1, 0.15) is 0 Å². The lowest BCUT2D eigenvalue weighted by molar-refractivity contribution is 0.417. The molecule has 108 valence electrons. The highest BCUT2D eigenvalue weighted by Gasteiger charge is 2.17. The van der Waals surface area contributed by atoms with Crippen molar-refractivity contribution < 1.29 is 4.11 Å². The van der Waals surface area contributed by atoms with Crippen molar-refractivity contribution in [1.29, 1.82) is 0 Å². The highest BCUT2D eigenvalue weighted by atomic mass is 32.2. The number of nitrogens with zero attached hydrogens (tertiary/aromatic N) is 1. The molecule has 1 aliphatic heterocycles. The van der Waals surface area contributed by atoms with Gasteiger partial charge in [-0.05, 0) is 48.8 Å². The van der Waals surface area contributed by atoms with Gasteiger partial charge in [0.25, 0.3) is 0 Å². The molecule has 1 aliphatic rings. The van der Waals surface area contributed by atoms with Gasteiger partial charge in [-0.2, -0.15) is 0 Å². The molecule has 0 saturated heterocycles. The van der Waals surface area contributed by atoms with Crippen molar-refractivity contribution in [3.63, 3.8) is 0 Å². The molecule has 0 bridgehead atoms. The molecule has 0 saturated carbocycles. The summed E-state index contributed by atoms with van der Waals surface area (Å²) in [6.07, 6.45) is 2.89. The summed E-state index contributed by atoms with van der Waals surface area (Å²) in [5.74, 6) is 0.958. The predicted molar refractivity (Wildman–Crippen MR) is 92.7 cm³/mol. The van der Waals surface area contributed by atoms with E-state index in [2.05, 4.69) is 54.6 Å². The quantitative estimate of drug-likeness (QED) is 0.809. The average molecular weight is 298 g/mol. The predicted octanol–water partition coefficient (Wildman–Crippen LogP) is 4.68. The van der Waals surface area contributed by atoms with Gasteiger partial charge in [-0.25, -0.2) is 0 Å². The van der Waals surface area contributed by atoms with E-state index < -0.39 is 6.98 Å². The van der Waals surface area contributed by atoms with Crippen LogP contribution in [0, 0.1) is 0 Å². The molecule has 0 N–H and O–H groups in total. The minimum atomic E-state index is -2.03. The van der Waals surface area contributed by atoms with E-state index in [1.807, 2.05) is 11.8 Å². The Balaban J connectivity index is 1.95. The third kappa shape index (κ3) is 3.22. The van der Waals surface area contributed by atoms with Crippen LogP contribution in [-0.2, 0) is 5.75 Å². The zero-order valence-corrected chi connectivity index (χ0v) is 13.0. The molecule has 0 amide bonds. The zero-order valence-electron chi connectivity index (χ0n) is 15.2. The molecule has 1 heterocycles. The summed E-state index contributed by atoms with van der Waals surface area (Å²) in [6.45, 7) is -1.52. The lowest BCUT2D eigenvalue weighted by atomic mass is 9.93. The Morgan fingerprint density at radius 1 is 1.14 bits per heavy atom. The molecular weight excluding hydrogens is 274 g/mol. The Hall–Kier alpha value is -1.51. The SMILES string of the molecule is [2H]C([2H])([2H])N(C)CCC=C1c2ccccc2CSc2ccccc21. The molecule has 0 atom stereocenters. The Bertz CT molecular complexity index is 703. The molecule has 3 rings (SSSR count). The summed E-state index contributed by atoms with van der Waals surface area (Å²) in [7, 11) is 1.65. The van der Waals surface area contributed by atoms with E-state index >= 15 is 0 Å². The number of thioether (sulfide) groups is 1. The first kappa shape index (κ1) is 11.1. The van der Waals surface area contributed by atoms with Crippen LogP contribution in [0.4, 0.5) is 0 Å². The van der Waals surface area contributed by atoms with Crippen LogP contribution in [0.1, 0.15) is 27.2 Å². The second-order valence-corrected chi connectivity index (χ2v) is 6.29. The number of hydrogen-bond acceptors (Lipinski definition) is 2. The molecule has 2 aromatic carbocycles. The van der Waals surface area contributed by atoms with Crippen molar-refractivity contribution in [2.75, 3.05) is 20.6 Å². The van der Waals surface area contributed by atoms with Gasteiger partial charge in [0.15, 0.2) is 0 Å². The Kier molecular flexibility index (Phi) is 3.44. The Morgan fingerprint density at radius 3 is 2.76 bits per heavy atom. The monoisotopic (exact) mass is 298 g/mol. The van der Waals surface area contributed by atoms with Gasteiger partial charge < -0.3 is 4.90 Å². The van der Waals surface area contributed by atoms with Crippen LogP contribution in [0.15, 0.2) is 59.5 Å². The van der Waals surface area contributed by atoms with Crippen molar-refractivity contribution >= 4 is 17.3 Å². The fraction of sp³-hybridized carbons (Fsp3) is 0.263. The first-order valence-corrected chi connectivity index (χ1v) is 8.17. The molecule has 0 radical (unpaired) electrons. The van der Waals surface area contributed by atoms with E-state index in [0.717, 1.165) is 5.75 Å². The lowest BCUT2D eigenvalue weighted by Crippen LogP contribution is -2.12. The third-order valence-electron chi connectivity index (χ3n) is 3.68. The van der Waals surface area contributed by atoms with E-state index in [-0.39, 0.29) is 0 Å². The standard InChI is InChI=1S/C19H21NS/c1-20(2)13-7-11-17-16-9-4-3-8-15(16)14-21-19-12-6-5-10-18(17)19/h3-6,8-12H,7,13-14H2,1-2H3/i1D3. The van der Waals surface area contributed by atoms with Gasteiger partial charge in [-0.15, -0.1) is 11.8 Å². The van der Waals surface area contributed by atoms with Crippen LogP contribution in [0.25, 0.3) is 5.57 Å². The Labute approximate surface area is 135 Å². The molecule has 0 aliphatic carbocycles. The summed E-state index contributed by atoms with van der Waals surface area (Å²) < 4.78 is 22.4. The highest BCUT2D eigenvalue weighted by Crippen LogP contribution is 2.39. The van der Waals surface area contributed by atoms with Gasteiger partial charge >= 0.3 is 0 Å². The molecule has 0 fully saturated rings. The highest BCUT2D eigenvalue weighted by molar-refractivity contribution is 7.98. The summed E-state index contributed by atoms with van der Waals surface area (Å²) >= 11 is 1.86. The first-order valence-electron chi connectivity index (χ1n) is 8.69. The summed E-state index contributed by atoms with van der Waals surface area (Å²) in [4.78, 5) is 2.71. The maximum absolute atomic E-state index is 7.47. The summed E-state index contributed by atoms with van der Waals surface area (Å²) in [5.41, 5.74) is 5.04. The minimum Gasteiger partial charge on any atom is -0.309 e. The van der Waals surface area contributed by atoms with Crippen LogP contribution in [0.2, 0.25) is 0 Å². The molecule has 21 heavy (non-hydrogen) atoms. The lowest BCUT2D eigenvalue weighted by Gasteiger charge is -2.12. The number of benzene rings is 2. The number of hydrogen-bond donors (Lipinski definition) is 0. The second kappa shape index (κ2) is 6.50. The van der Waals surface area contributed by atoms with E-state index in [9.17, 15) is 0 Å². The minimum absolute atomic E-state index is 0.511. The van der Waals surface area contributed by atoms with Gasteiger partial charge in [-0.3, -0.25) is 0 Å². The molecule has 0 spiro atoms. The van der Waals surface area contributed by atoms with Crippen molar-refractivity contribution in [2.45, 2.75) is 17.1 Å². The van der Waals surface area contributed by atoms with Crippen molar-refractivity contribution in [3.8, 4) is 0 Å². The van der Waals surface area contributed by atoms with Crippen LogP contribution >= 0.6 is 11.8 Å². The molecular formula is C19H21NS. The van der Waals surface area contributed by atoms with Crippen molar-refractivity contribution in [1.82, 2.24) is 4.90 Å². The summed E-state index contributed by atoms with van der Waals surface area (Å²) in [6, 6.07) is 16.9. The second-order valence-electron chi connectivity index (χ2n) is 5.27. The smallest absolute Gasteiger partial charge is 0.0394 e. The van der Waals surface area contributed by atoms with E-state index in [1.165, 1.54) is 32.1 Å². The largest absolute Gasteiger partial charge is 0.309 e. The van der Waals surface area contributed by atoms with Crippen molar-refractivity contribution in [2.24, 2.45) is 0 Å². The summed E-state index contributed by atoms with van der Waals surface area (Å²) in [5, 5.41) is 0. The van der Waals surface area contributed by atoms with Gasteiger partial charge in [0, 0.05) is 21.3 Å². The molecule has 2 aromatic rings. The van der Waals surface area contributed by atoms with Crippen LogP contribution in [0.3, 0.4) is 0 Å². The van der Waals surface area contributed by atoms with E-state index in [4.69, 9.17) is 4.11 Å². The van der Waals surface area contributed by atoms with Gasteiger partial charge in [0.05, 0.1) is 0 Å². The Morgan fingerprint density at radius 2 is 1.90 bits per heavy atom. The topological polar surface area (TPSA) is 3.24 Å². The first-order chi connectivity index (χ1) is 11.5. The molecule has 0 unspecified atom stereocenters. The number of fused-ring (bicyclic) bond motifs is 2. The fourth-order valence-corrected chi connectivity index (χ4v) is 3.72. The normalized spacial score (nSPS) is 18.4. The average Bonchev–Trinajstić information content (AvgIpc) is 2.72. The van der Waals surface area contributed by atoms with Crippen LogP contribution < -0.4 is 0 Å². The maximum atomic E-state index is 7.47. The van der Waals surface area contributed by atoms with E-state index in [0.29, 0.717) is 13.0 Å². The fourth-order valence-electron chi connectivity index (χ4n) is 2.65. The molecule has 2 heteroatoms. The van der Waals surface area contributed by atoms with Crippen LogP contribution in [0.5, 0.6) is 0 Å². The van der Waals surface area contributed by atoms with Crippen LogP contribution in [-0.4, -0.2) is 25.5 Å². The van der Waals surface area contributed by atoms with Crippen molar-refractivity contribution in [3.05, 3.63) is 71.3 Å². The molecule has 1 nitrogen and oxygen atoms in total. The number of rotatable bonds is 3.